The Kier molecular flexibility index (Phi) is 3.50. The molecule has 104 valence electrons. The van der Waals surface area contributed by atoms with Gasteiger partial charge in [-0.05, 0) is 25.7 Å². The van der Waals surface area contributed by atoms with E-state index in [0.29, 0.717) is 24.1 Å². The van der Waals surface area contributed by atoms with Crippen molar-refractivity contribution in [1.29, 1.82) is 5.26 Å². The number of hydrogen-bond donors (Lipinski definition) is 1. The molecule has 1 N–H and O–H groups in total. The fourth-order valence-electron chi connectivity index (χ4n) is 2.57. The Bertz CT molecular complexity index is 549. The number of rotatable bonds is 3. The molecule has 0 radical (unpaired) electrons. The Hall–Kier alpha value is -2.16. The van der Waals surface area contributed by atoms with Gasteiger partial charge in [0, 0.05) is 31.5 Å². The number of piperidine rings is 1. The van der Waals surface area contributed by atoms with E-state index in [1.807, 2.05) is 4.90 Å². The van der Waals surface area contributed by atoms with Gasteiger partial charge < -0.3 is 10.2 Å². The third kappa shape index (κ3) is 2.72. The van der Waals surface area contributed by atoms with E-state index >= 15 is 0 Å². The van der Waals surface area contributed by atoms with Crippen LogP contribution in [0.15, 0.2) is 12.4 Å². The first kappa shape index (κ1) is 12.9. The number of nitrogens with zero attached hydrogens (tertiary/aromatic N) is 4. The van der Waals surface area contributed by atoms with Crippen LogP contribution in [0.2, 0.25) is 0 Å². The van der Waals surface area contributed by atoms with Crippen LogP contribution in [0.3, 0.4) is 0 Å². The Morgan fingerprint density at radius 1 is 1.35 bits per heavy atom. The van der Waals surface area contributed by atoms with Crippen LogP contribution in [0.25, 0.3) is 0 Å². The number of carbonyl (C=O) groups excluding carboxylic acids is 1. The van der Waals surface area contributed by atoms with Crippen LogP contribution < -0.4 is 10.2 Å². The summed E-state index contributed by atoms with van der Waals surface area (Å²) in [6, 6.07) is 2.46. The smallest absolute Gasteiger partial charge is 0.225 e. The third-order valence-corrected chi connectivity index (χ3v) is 3.80. The molecule has 3 rings (SSSR count). The van der Waals surface area contributed by atoms with Crippen molar-refractivity contribution < 1.29 is 4.79 Å². The summed E-state index contributed by atoms with van der Waals surface area (Å²) in [5.74, 6) is 0.719. The van der Waals surface area contributed by atoms with Crippen LogP contribution in [0.5, 0.6) is 0 Å². The Morgan fingerprint density at radius 2 is 2.15 bits per heavy atom. The van der Waals surface area contributed by atoms with Gasteiger partial charge in [-0.15, -0.1) is 0 Å². The molecule has 6 heteroatoms. The van der Waals surface area contributed by atoms with Gasteiger partial charge in [0.15, 0.2) is 11.5 Å². The highest BCUT2D eigenvalue weighted by atomic mass is 16.2. The maximum absolute atomic E-state index is 12.1. The molecule has 2 aliphatic rings. The first-order chi connectivity index (χ1) is 9.78. The van der Waals surface area contributed by atoms with Gasteiger partial charge in [0.2, 0.25) is 5.91 Å². The number of amides is 1. The van der Waals surface area contributed by atoms with Crippen molar-refractivity contribution in [3.05, 3.63) is 18.1 Å². The van der Waals surface area contributed by atoms with Gasteiger partial charge in [0.25, 0.3) is 0 Å². The highest BCUT2D eigenvalue weighted by molar-refractivity contribution is 5.80. The van der Waals surface area contributed by atoms with Crippen molar-refractivity contribution in [2.75, 3.05) is 18.0 Å². The lowest BCUT2D eigenvalue weighted by atomic mass is 9.97. The zero-order chi connectivity index (χ0) is 13.9. The van der Waals surface area contributed by atoms with Crippen molar-refractivity contribution in [3.63, 3.8) is 0 Å². The topological polar surface area (TPSA) is 81.9 Å². The summed E-state index contributed by atoms with van der Waals surface area (Å²) in [4.78, 5) is 22.4. The van der Waals surface area contributed by atoms with Crippen molar-refractivity contribution in [1.82, 2.24) is 15.3 Å². The van der Waals surface area contributed by atoms with E-state index in [4.69, 9.17) is 5.26 Å². The number of anilines is 1. The average molecular weight is 271 g/mol. The highest BCUT2D eigenvalue weighted by Gasteiger charge is 2.31. The second kappa shape index (κ2) is 5.45. The molecule has 1 aromatic heterocycles. The molecule has 1 saturated carbocycles. The van der Waals surface area contributed by atoms with E-state index in [1.165, 1.54) is 6.20 Å². The van der Waals surface area contributed by atoms with Crippen molar-refractivity contribution in [2.45, 2.75) is 31.7 Å². The monoisotopic (exact) mass is 271 g/mol. The molecule has 0 spiro atoms. The standard InChI is InChI=1S/C14H17N5O/c15-8-12-13(17-6-5-16-12)19-7-1-2-10(9-19)14(20)18-11-3-4-11/h5-6,10-11H,1-4,7,9H2,(H,18,20). The van der Waals surface area contributed by atoms with Crippen molar-refractivity contribution >= 4 is 11.7 Å². The van der Waals surface area contributed by atoms with Crippen LogP contribution in [-0.2, 0) is 4.79 Å². The molecule has 2 fully saturated rings. The maximum atomic E-state index is 12.1. The first-order valence-electron chi connectivity index (χ1n) is 7.04. The van der Waals surface area contributed by atoms with E-state index in [-0.39, 0.29) is 11.8 Å². The minimum absolute atomic E-state index is 0.0158. The number of nitrogens with one attached hydrogen (secondary N) is 1. The van der Waals surface area contributed by atoms with E-state index in [2.05, 4.69) is 21.4 Å². The number of nitriles is 1. The lowest BCUT2D eigenvalue weighted by molar-refractivity contribution is -0.125. The van der Waals surface area contributed by atoms with Gasteiger partial charge in [0.1, 0.15) is 6.07 Å². The summed E-state index contributed by atoms with van der Waals surface area (Å²) in [5, 5.41) is 12.2. The molecule has 2 heterocycles. The molecule has 0 bridgehead atoms. The maximum Gasteiger partial charge on any atom is 0.225 e. The normalized spacial score (nSPS) is 22.1. The minimum atomic E-state index is -0.0158. The zero-order valence-corrected chi connectivity index (χ0v) is 11.2. The summed E-state index contributed by atoms with van der Waals surface area (Å²) < 4.78 is 0. The molecule has 1 unspecified atom stereocenters. The van der Waals surface area contributed by atoms with Crippen LogP contribution in [0, 0.1) is 17.2 Å². The third-order valence-electron chi connectivity index (χ3n) is 3.80. The lowest BCUT2D eigenvalue weighted by Gasteiger charge is -2.32. The molecular weight excluding hydrogens is 254 g/mol. The molecule has 1 atom stereocenters. The van der Waals surface area contributed by atoms with Gasteiger partial charge in [-0.25, -0.2) is 9.97 Å². The first-order valence-corrected chi connectivity index (χ1v) is 7.04. The van der Waals surface area contributed by atoms with Gasteiger partial charge in [-0.1, -0.05) is 0 Å². The molecule has 1 aliphatic heterocycles. The van der Waals surface area contributed by atoms with Gasteiger partial charge >= 0.3 is 0 Å². The number of hydrogen-bond acceptors (Lipinski definition) is 5. The summed E-state index contributed by atoms with van der Waals surface area (Å²) in [5.41, 5.74) is 0.329. The summed E-state index contributed by atoms with van der Waals surface area (Å²) in [6.45, 7) is 1.44. The molecular formula is C14H17N5O. The second-order valence-corrected chi connectivity index (χ2v) is 5.41. The fraction of sp³-hybridized carbons (Fsp3) is 0.571. The van der Waals surface area contributed by atoms with Crippen LogP contribution in [-0.4, -0.2) is 35.0 Å². The van der Waals surface area contributed by atoms with E-state index < -0.39 is 0 Å². The predicted octanol–water partition coefficient (Wildman–Crippen LogP) is 0.843. The molecule has 0 aromatic carbocycles. The van der Waals surface area contributed by atoms with Crippen LogP contribution in [0.1, 0.15) is 31.4 Å². The summed E-state index contributed by atoms with van der Waals surface area (Å²) in [7, 11) is 0. The Labute approximate surface area is 117 Å². The fourth-order valence-corrected chi connectivity index (χ4v) is 2.57. The number of carbonyl (C=O) groups is 1. The second-order valence-electron chi connectivity index (χ2n) is 5.41. The predicted molar refractivity (Wildman–Crippen MR) is 72.8 cm³/mol. The Morgan fingerprint density at radius 3 is 2.90 bits per heavy atom. The molecule has 1 aromatic rings. The number of aromatic nitrogens is 2. The van der Waals surface area contributed by atoms with Gasteiger partial charge in [0.05, 0.1) is 5.92 Å². The van der Waals surface area contributed by atoms with Crippen molar-refractivity contribution in [3.8, 4) is 6.07 Å². The van der Waals surface area contributed by atoms with Crippen molar-refractivity contribution in [2.24, 2.45) is 5.92 Å². The van der Waals surface area contributed by atoms with Gasteiger partial charge in [-0.3, -0.25) is 4.79 Å². The van der Waals surface area contributed by atoms with Gasteiger partial charge in [-0.2, -0.15) is 5.26 Å². The highest BCUT2D eigenvalue weighted by Crippen LogP contribution is 2.25. The molecule has 20 heavy (non-hydrogen) atoms. The quantitative estimate of drug-likeness (QED) is 0.881. The lowest BCUT2D eigenvalue weighted by Crippen LogP contribution is -2.44. The van der Waals surface area contributed by atoms with Crippen LogP contribution in [0.4, 0.5) is 5.82 Å². The summed E-state index contributed by atoms with van der Waals surface area (Å²) >= 11 is 0. The summed E-state index contributed by atoms with van der Waals surface area (Å²) in [6.07, 6.45) is 7.14. The molecule has 1 amide bonds. The molecule has 6 nitrogen and oxygen atoms in total. The van der Waals surface area contributed by atoms with E-state index in [9.17, 15) is 4.79 Å². The minimum Gasteiger partial charge on any atom is -0.353 e. The molecule has 1 saturated heterocycles. The Balaban J connectivity index is 1.71. The largest absolute Gasteiger partial charge is 0.353 e. The van der Waals surface area contributed by atoms with E-state index in [1.54, 1.807) is 6.20 Å². The molecule has 1 aliphatic carbocycles. The SMILES string of the molecule is N#Cc1nccnc1N1CCCC(C(=O)NC2CC2)C1. The van der Waals surface area contributed by atoms with E-state index in [0.717, 1.165) is 32.2 Å². The zero-order valence-electron chi connectivity index (χ0n) is 11.2. The van der Waals surface area contributed by atoms with Crippen LogP contribution >= 0.6 is 0 Å². The average Bonchev–Trinajstić information content (AvgIpc) is 3.31.